The molecule has 0 bridgehead atoms. The first-order chi connectivity index (χ1) is 23.4. The van der Waals surface area contributed by atoms with Gasteiger partial charge in [0.05, 0.1) is 35.7 Å². The van der Waals surface area contributed by atoms with E-state index in [1.54, 1.807) is 13.2 Å². The highest BCUT2D eigenvalue weighted by molar-refractivity contribution is 6.33. The Morgan fingerprint density at radius 3 is 2.94 bits per heavy atom. The number of pyridine rings is 1. The topological polar surface area (TPSA) is 137 Å². The average molecular weight is 677 g/mol. The van der Waals surface area contributed by atoms with Crippen LogP contribution in [0.15, 0.2) is 17.7 Å². The summed E-state index contributed by atoms with van der Waals surface area (Å²) < 4.78 is 41.5. The maximum Gasteiger partial charge on any atom is 0.319 e. The lowest BCUT2D eigenvalue weighted by atomic mass is 9.93. The van der Waals surface area contributed by atoms with E-state index in [1.165, 1.54) is 5.57 Å². The SMILES string of the molecule is COC/C=C1\CN2CCC[C@@]2(COc2nc3c4c(nc(-c5c(C6CC6)c(Cl)cc6[nH]nc(N)c56)c(F)c4n2)OC[C@@H]2COCCCN32)C1. The number of aromatic amines is 1. The van der Waals surface area contributed by atoms with Crippen LogP contribution in [0.25, 0.3) is 33.1 Å². The van der Waals surface area contributed by atoms with Gasteiger partial charge in [-0.05, 0) is 62.6 Å². The van der Waals surface area contributed by atoms with Crippen molar-refractivity contribution in [3.8, 4) is 23.1 Å². The van der Waals surface area contributed by atoms with E-state index < -0.39 is 5.82 Å². The number of aromatic nitrogens is 5. The Bertz CT molecular complexity index is 1970. The molecule has 0 radical (unpaired) electrons. The van der Waals surface area contributed by atoms with Gasteiger partial charge in [0.2, 0.25) is 5.88 Å². The van der Waals surface area contributed by atoms with E-state index in [4.69, 9.17) is 51.2 Å². The summed E-state index contributed by atoms with van der Waals surface area (Å²) in [6, 6.07) is 1.79. The quantitative estimate of drug-likeness (QED) is 0.256. The van der Waals surface area contributed by atoms with Gasteiger partial charge in [0.15, 0.2) is 11.6 Å². The molecule has 0 spiro atoms. The molecule has 1 saturated carbocycles. The Morgan fingerprint density at radius 1 is 1.19 bits per heavy atom. The van der Waals surface area contributed by atoms with Crippen LogP contribution in [0, 0.1) is 5.82 Å². The number of H-pyrrole nitrogens is 1. The molecule has 12 nitrogen and oxygen atoms in total. The number of anilines is 2. The lowest BCUT2D eigenvalue weighted by molar-refractivity contribution is 0.108. The van der Waals surface area contributed by atoms with Gasteiger partial charge in [-0.2, -0.15) is 15.1 Å². The summed E-state index contributed by atoms with van der Waals surface area (Å²) in [5.41, 5.74) is 9.70. The lowest BCUT2D eigenvalue weighted by Crippen LogP contribution is -2.43. The van der Waals surface area contributed by atoms with Crippen molar-refractivity contribution >= 4 is 45.0 Å². The molecule has 1 aliphatic carbocycles. The maximum absolute atomic E-state index is 17.3. The second-order valence-corrected chi connectivity index (χ2v) is 14.1. The molecule has 3 saturated heterocycles. The van der Waals surface area contributed by atoms with Crippen LogP contribution in [0.1, 0.15) is 50.0 Å². The largest absolute Gasteiger partial charge is 0.475 e. The number of benzene rings is 1. The number of nitrogens with two attached hydrogens (primary N) is 1. The number of nitrogen functional groups attached to an aromatic ring is 1. The summed E-state index contributed by atoms with van der Waals surface area (Å²) in [7, 11) is 1.71. The third-order valence-corrected chi connectivity index (χ3v) is 10.9. The predicted molar refractivity (Wildman–Crippen MR) is 179 cm³/mol. The highest BCUT2D eigenvalue weighted by atomic mass is 35.5. The highest BCUT2D eigenvalue weighted by Gasteiger charge is 2.47. The molecular weight excluding hydrogens is 639 g/mol. The van der Waals surface area contributed by atoms with Gasteiger partial charge in [-0.3, -0.25) is 10.00 Å². The third-order valence-electron chi connectivity index (χ3n) is 10.6. The first-order valence-electron chi connectivity index (χ1n) is 16.8. The van der Waals surface area contributed by atoms with Gasteiger partial charge in [-0.25, -0.2) is 9.37 Å². The Balaban J connectivity index is 1.21. The van der Waals surface area contributed by atoms with Crippen molar-refractivity contribution in [3.63, 3.8) is 0 Å². The molecule has 48 heavy (non-hydrogen) atoms. The van der Waals surface area contributed by atoms with Gasteiger partial charge >= 0.3 is 6.01 Å². The van der Waals surface area contributed by atoms with E-state index >= 15 is 4.39 Å². The molecule has 9 rings (SSSR count). The molecule has 3 N–H and O–H groups in total. The number of ether oxygens (including phenoxy) is 4. The standard InChI is InChI=1S/C34H38ClFN8O4/c1-45-11-6-18-13-34(7-2-8-43(34)14-18)17-48-33-39-29-26-31(40-33)44-9-3-10-46-15-20(44)16-47-32(26)38-28(27(29)36)25-23(19-4-5-19)21(35)12-22-24(25)30(37)42-41-22/h6,12,19-20H,2-5,7-11,13-17H2,1H3,(H3,37,41,42)/b18-6-/t20-,34-/m0/s1. The zero-order valence-electron chi connectivity index (χ0n) is 26.9. The molecule has 0 unspecified atom stereocenters. The summed E-state index contributed by atoms with van der Waals surface area (Å²) in [5.74, 6) is 0.622. The van der Waals surface area contributed by atoms with Crippen molar-refractivity contribution in [1.29, 1.82) is 0 Å². The van der Waals surface area contributed by atoms with Gasteiger partial charge in [-0.15, -0.1) is 0 Å². The summed E-state index contributed by atoms with van der Waals surface area (Å²) in [6.45, 7) is 4.92. The van der Waals surface area contributed by atoms with Crippen molar-refractivity contribution < 1.29 is 23.3 Å². The van der Waals surface area contributed by atoms with E-state index in [0.29, 0.717) is 72.3 Å². The van der Waals surface area contributed by atoms with Crippen molar-refractivity contribution in [2.45, 2.75) is 56.0 Å². The number of hydrogen-bond donors (Lipinski definition) is 2. The van der Waals surface area contributed by atoms with Gasteiger partial charge < -0.3 is 29.6 Å². The first-order valence-corrected chi connectivity index (χ1v) is 17.2. The van der Waals surface area contributed by atoms with Crippen LogP contribution < -0.4 is 20.1 Å². The van der Waals surface area contributed by atoms with Crippen LogP contribution >= 0.6 is 11.6 Å². The van der Waals surface area contributed by atoms with Crippen molar-refractivity contribution in [3.05, 3.63) is 34.1 Å². The molecular formula is C34H38ClFN8O4. The Labute approximate surface area is 281 Å². The second-order valence-electron chi connectivity index (χ2n) is 13.7. The summed E-state index contributed by atoms with van der Waals surface area (Å²) in [6.07, 6.45) is 7.84. The highest BCUT2D eigenvalue weighted by Crippen LogP contribution is 2.52. The van der Waals surface area contributed by atoms with E-state index in [0.717, 1.165) is 57.2 Å². The fraction of sp³-hybridized carbons (Fsp3) is 0.529. The number of nitrogens with zero attached hydrogens (tertiary/aromatic N) is 6. The fourth-order valence-corrected chi connectivity index (χ4v) is 8.55. The van der Waals surface area contributed by atoms with Crippen molar-refractivity contribution in [2.24, 2.45) is 0 Å². The number of fused-ring (bicyclic) bond motifs is 4. The maximum atomic E-state index is 17.3. The van der Waals surface area contributed by atoms with Gasteiger partial charge in [0.1, 0.15) is 35.6 Å². The van der Waals surface area contributed by atoms with Gasteiger partial charge in [-0.1, -0.05) is 23.3 Å². The van der Waals surface area contributed by atoms with Crippen LogP contribution in [0.3, 0.4) is 0 Å². The lowest BCUT2D eigenvalue weighted by Gasteiger charge is -2.31. The molecule has 4 aliphatic heterocycles. The van der Waals surface area contributed by atoms with E-state index in [-0.39, 0.29) is 46.4 Å². The molecule has 252 valence electrons. The summed E-state index contributed by atoms with van der Waals surface area (Å²) >= 11 is 6.87. The van der Waals surface area contributed by atoms with Crippen molar-refractivity contribution in [1.82, 2.24) is 30.0 Å². The number of methoxy groups -OCH3 is 1. The predicted octanol–water partition coefficient (Wildman–Crippen LogP) is 5.00. The minimum Gasteiger partial charge on any atom is -0.475 e. The minimum atomic E-state index is -0.604. The Morgan fingerprint density at radius 2 is 2.08 bits per heavy atom. The molecule has 2 atom stereocenters. The fourth-order valence-electron chi connectivity index (χ4n) is 8.20. The van der Waals surface area contributed by atoms with Crippen molar-refractivity contribution in [2.75, 3.05) is 70.4 Å². The van der Waals surface area contributed by atoms with Gasteiger partial charge in [0, 0.05) is 37.4 Å². The Kier molecular flexibility index (Phi) is 7.37. The number of rotatable bonds is 7. The monoisotopic (exact) mass is 676 g/mol. The number of hydrogen-bond acceptors (Lipinski definition) is 11. The number of halogens is 2. The normalized spacial score (nSPS) is 24.9. The zero-order valence-corrected chi connectivity index (χ0v) is 27.6. The van der Waals surface area contributed by atoms with Gasteiger partial charge in [0.25, 0.3) is 0 Å². The van der Waals surface area contributed by atoms with E-state index in [1.807, 2.05) is 0 Å². The Hall–Kier alpha value is -3.78. The van der Waals surface area contributed by atoms with Crippen LogP contribution in [0.4, 0.5) is 16.0 Å². The third kappa shape index (κ3) is 4.88. The van der Waals surface area contributed by atoms with E-state index in [9.17, 15) is 0 Å². The molecule has 4 fully saturated rings. The second kappa shape index (κ2) is 11.7. The van der Waals surface area contributed by atoms with Crippen LogP contribution in [0.2, 0.25) is 5.02 Å². The van der Waals surface area contributed by atoms with Crippen LogP contribution in [0.5, 0.6) is 11.9 Å². The molecule has 1 aromatic carbocycles. The minimum absolute atomic E-state index is 0.0771. The van der Waals surface area contributed by atoms with Crippen LogP contribution in [-0.2, 0) is 9.47 Å². The average Bonchev–Trinajstić information content (AvgIpc) is 3.73. The molecule has 14 heteroatoms. The molecule has 3 aromatic heterocycles. The zero-order chi connectivity index (χ0) is 32.6. The first kappa shape index (κ1) is 30.3. The van der Waals surface area contributed by atoms with Crippen LogP contribution in [-0.4, -0.2) is 101 Å². The molecule has 4 aromatic rings. The number of nitrogens with one attached hydrogen (secondary N) is 1. The smallest absolute Gasteiger partial charge is 0.319 e. The van der Waals surface area contributed by atoms with E-state index in [2.05, 4.69) is 26.1 Å². The summed E-state index contributed by atoms with van der Waals surface area (Å²) in [4.78, 5) is 19.3. The molecule has 5 aliphatic rings. The molecule has 7 heterocycles. The molecule has 0 amide bonds. The summed E-state index contributed by atoms with van der Waals surface area (Å²) in [5, 5.41) is 8.70.